The lowest BCUT2D eigenvalue weighted by molar-refractivity contribution is -0.557. The third-order valence-corrected chi connectivity index (χ3v) is 5.59. The van der Waals surface area contributed by atoms with Crippen molar-refractivity contribution in [3.8, 4) is 0 Å². The highest BCUT2D eigenvalue weighted by molar-refractivity contribution is 6.43. The molecule has 2 aromatic rings. The molecule has 0 radical (unpaired) electrons. The number of hydrazone groups is 1. The molecule has 170 valence electrons. The average Bonchev–Trinajstić information content (AvgIpc) is 3.34. The number of carbonyl (C=O) groups excluding carboxylic acids is 1. The second-order valence-corrected chi connectivity index (χ2v) is 7.77. The molecule has 0 spiro atoms. The first-order valence-corrected chi connectivity index (χ1v) is 11.1. The number of benzene rings is 2. The standard InChI is InChI=1S/C25H33N5O2/c1-6-32-25(31)24(19(2)28(4)18-15-26-3)27-29(5)22-13-14-23(30-16-9-10-17-30)21-12-8-7-11-20(21)22/h7-8,11-15,18,26H,2,6,9-10,16-17H2,1,3-5H3/p+1/b18-15-,27-24-. The summed E-state index contributed by atoms with van der Waals surface area (Å²) in [5.41, 5.74) is 2.80. The molecule has 0 bridgehead atoms. The van der Waals surface area contributed by atoms with Crippen LogP contribution < -0.4 is 15.2 Å². The van der Waals surface area contributed by atoms with Crippen LogP contribution >= 0.6 is 0 Å². The van der Waals surface area contributed by atoms with Crippen molar-refractivity contribution in [2.24, 2.45) is 5.10 Å². The van der Waals surface area contributed by atoms with E-state index in [9.17, 15) is 4.79 Å². The lowest BCUT2D eigenvalue weighted by Gasteiger charge is -2.24. The Morgan fingerprint density at radius 3 is 2.53 bits per heavy atom. The Morgan fingerprint density at radius 2 is 1.88 bits per heavy atom. The molecule has 7 nitrogen and oxygen atoms in total. The molecule has 0 amide bonds. The minimum Gasteiger partial charge on any atom is -0.461 e. The number of nitrogens with two attached hydrogens (primary N) is 1. The van der Waals surface area contributed by atoms with Crippen molar-refractivity contribution in [2.75, 3.05) is 50.7 Å². The van der Waals surface area contributed by atoms with Crippen LogP contribution in [0.1, 0.15) is 19.8 Å². The number of rotatable bonds is 9. The first kappa shape index (κ1) is 23.3. The Hall–Kier alpha value is -3.32. The highest BCUT2D eigenvalue weighted by Gasteiger charge is 2.22. The highest BCUT2D eigenvalue weighted by Crippen LogP contribution is 2.35. The van der Waals surface area contributed by atoms with Crippen molar-refractivity contribution >= 4 is 33.8 Å². The van der Waals surface area contributed by atoms with Crippen molar-refractivity contribution in [1.82, 2.24) is 4.90 Å². The van der Waals surface area contributed by atoms with Crippen molar-refractivity contribution in [1.29, 1.82) is 0 Å². The fraction of sp³-hybridized carbons (Fsp3) is 0.360. The molecule has 0 aliphatic carbocycles. The van der Waals surface area contributed by atoms with Gasteiger partial charge in [-0.2, -0.15) is 5.10 Å². The second-order valence-electron chi connectivity index (χ2n) is 7.77. The number of hydrogen-bond donors (Lipinski definition) is 1. The molecule has 0 atom stereocenters. The molecule has 0 saturated carbocycles. The fourth-order valence-electron chi connectivity index (χ4n) is 3.88. The van der Waals surface area contributed by atoms with Gasteiger partial charge in [-0.3, -0.25) is 5.01 Å². The van der Waals surface area contributed by atoms with Gasteiger partial charge in [0, 0.05) is 43.6 Å². The number of esters is 1. The van der Waals surface area contributed by atoms with Crippen LogP contribution in [0.25, 0.3) is 10.8 Å². The molecule has 32 heavy (non-hydrogen) atoms. The van der Waals surface area contributed by atoms with Gasteiger partial charge >= 0.3 is 5.97 Å². The molecule has 2 N–H and O–H groups in total. The molecule has 1 heterocycles. The van der Waals surface area contributed by atoms with E-state index in [0.29, 0.717) is 5.70 Å². The number of anilines is 2. The van der Waals surface area contributed by atoms with E-state index in [2.05, 4.69) is 46.9 Å². The molecule has 3 rings (SSSR count). The molecule has 1 aliphatic rings. The van der Waals surface area contributed by atoms with Gasteiger partial charge < -0.3 is 19.9 Å². The first-order chi connectivity index (χ1) is 15.5. The second kappa shape index (κ2) is 10.8. The Kier molecular flexibility index (Phi) is 7.89. The molecular weight excluding hydrogens is 402 g/mol. The average molecular weight is 437 g/mol. The van der Waals surface area contributed by atoms with Crippen LogP contribution in [-0.4, -0.2) is 57.4 Å². The van der Waals surface area contributed by atoms with Gasteiger partial charge in [0.2, 0.25) is 0 Å². The predicted molar refractivity (Wildman–Crippen MR) is 132 cm³/mol. The Morgan fingerprint density at radius 1 is 1.19 bits per heavy atom. The van der Waals surface area contributed by atoms with Gasteiger partial charge in [0.05, 0.1) is 31.2 Å². The Labute approximate surface area is 190 Å². The van der Waals surface area contributed by atoms with E-state index in [-0.39, 0.29) is 12.3 Å². The molecular formula is C25H34N5O2+. The molecule has 1 fully saturated rings. The SMILES string of the molecule is C=C(/C(=N/N(C)c1ccc(N2CCCC2)c2ccccc12)C(=O)OCC)N(C)/C=C\[NH2+]C. The van der Waals surface area contributed by atoms with Gasteiger partial charge in [-0.1, -0.05) is 30.8 Å². The maximum atomic E-state index is 12.7. The minimum atomic E-state index is -0.497. The molecule has 1 saturated heterocycles. The van der Waals surface area contributed by atoms with Gasteiger partial charge in [-0.25, -0.2) is 4.79 Å². The maximum absolute atomic E-state index is 12.7. The zero-order valence-electron chi connectivity index (χ0n) is 19.5. The van der Waals surface area contributed by atoms with Crippen LogP contribution in [0.5, 0.6) is 0 Å². The van der Waals surface area contributed by atoms with E-state index in [1.807, 2.05) is 44.9 Å². The molecule has 2 aromatic carbocycles. The van der Waals surface area contributed by atoms with Crippen LogP contribution in [-0.2, 0) is 9.53 Å². The lowest BCUT2D eigenvalue weighted by atomic mass is 10.1. The third kappa shape index (κ3) is 5.11. The summed E-state index contributed by atoms with van der Waals surface area (Å²) in [6, 6.07) is 12.6. The van der Waals surface area contributed by atoms with E-state index >= 15 is 0 Å². The van der Waals surface area contributed by atoms with Crippen LogP contribution in [0.2, 0.25) is 0 Å². The molecule has 7 heteroatoms. The van der Waals surface area contributed by atoms with Gasteiger partial charge in [0.25, 0.3) is 0 Å². The quantitative estimate of drug-likeness (QED) is 0.372. The first-order valence-electron chi connectivity index (χ1n) is 11.1. The zero-order valence-corrected chi connectivity index (χ0v) is 19.5. The summed E-state index contributed by atoms with van der Waals surface area (Å²) in [5, 5.41) is 10.6. The molecule has 0 aromatic heterocycles. The monoisotopic (exact) mass is 436 g/mol. The van der Waals surface area contributed by atoms with E-state index in [1.54, 1.807) is 16.8 Å². The van der Waals surface area contributed by atoms with Gasteiger partial charge in [-0.05, 0) is 31.9 Å². The van der Waals surface area contributed by atoms with Crippen LogP contribution in [0, 0.1) is 0 Å². The van der Waals surface area contributed by atoms with Crippen molar-refractivity contribution in [3.05, 3.63) is 61.1 Å². The van der Waals surface area contributed by atoms with Crippen LogP contribution in [0.15, 0.2) is 66.2 Å². The molecule has 1 aliphatic heterocycles. The van der Waals surface area contributed by atoms with E-state index in [0.717, 1.165) is 24.2 Å². The minimum absolute atomic E-state index is 0.172. The normalized spacial score (nSPS) is 14.2. The number of ether oxygens (including phenoxy) is 1. The van der Waals surface area contributed by atoms with Gasteiger partial charge in [0.15, 0.2) is 5.71 Å². The molecule has 0 unspecified atom stereocenters. The fourth-order valence-corrected chi connectivity index (χ4v) is 3.88. The Bertz CT molecular complexity index is 1020. The maximum Gasteiger partial charge on any atom is 0.360 e. The number of hydrogen-bond acceptors (Lipinski definition) is 6. The number of nitrogens with zero attached hydrogens (tertiary/aromatic N) is 4. The summed E-state index contributed by atoms with van der Waals surface area (Å²) in [6.07, 6.45) is 6.16. The number of carbonyl (C=O) groups is 1. The summed E-state index contributed by atoms with van der Waals surface area (Å²) in [5.74, 6) is -0.497. The van der Waals surface area contributed by atoms with Crippen molar-refractivity contribution < 1.29 is 14.8 Å². The largest absolute Gasteiger partial charge is 0.461 e. The van der Waals surface area contributed by atoms with Crippen molar-refractivity contribution in [3.63, 3.8) is 0 Å². The summed E-state index contributed by atoms with van der Waals surface area (Å²) in [7, 11) is 5.61. The van der Waals surface area contributed by atoms with E-state index in [4.69, 9.17) is 4.74 Å². The topological polar surface area (TPSA) is 65.0 Å². The predicted octanol–water partition coefficient (Wildman–Crippen LogP) is 2.91. The third-order valence-electron chi connectivity index (χ3n) is 5.59. The summed E-state index contributed by atoms with van der Waals surface area (Å²) < 4.78 is 5.27. The Balaban J connectivity index is 2.01. The number of fused-ring (bicyclic) bond motifs is 1. The summed E-state index contributed by atoms with van der Waals surface area (Å²) >= 11 is 0. The van der Waals surface area contributed by atoms with E-state index in [1.165, 1.54) is 23.9 Å². The number of quaternary nitrogens is 1. The smallest absolute Gasteiger partial charge is 0.360 e. The lowest BCUT2D eigenvalue weighted by Crippen LogP contribution is -2.72. The zero-order chi connectivity index (χ0) is 23.1. The highest BCUT2D eigenvalue weighted by atomic mass is 16.5. The summed E-state index contributed by atoms with van der Waals surface area (Å²) in [6.45, 7) is 8.30. The van der Waals surface area contributed by atoms with Gasteiger partial charge in [0.1, 0.15) is 6.20 Å². The van der Waals surface area contributed by atoms with Crippen molar-refractivity contribution in [2.45, 2.75) is 19.8 Å². The van der Waals surface area contributed by atoms with Crippen LogP contribution in [0.4, 0.5) is 11.4 Å². The van der Waals surface area contributed by atoms with Crippen LogP contribution in [0.3, 0.4) is 0 Å². The van der Waals surface area contributed by atoms with E-state index < -0.39 is 5.97 Å². The summed E-state index contributed by atoms with van der Waals surface area (Å²) in [4.78, 5) is 16.9. The van der Waals surface area contributed by atoms with Gasteiger partial charge in [-0.15, -0.1) is 0 Å².